The van der Waals surface area contributed by atoms with E-state index in [1.54, 1.807) is 0 Å². The minimum atomic E-state index is -2.77. The summed E-state index contributed by atoms with van der Waals surface area (Å²) in [6, 6.07) is 19.1. The van der Waals surface area contributed by atoms with Crippen molar-refractivity contribution in [3.05, 3.63) is 66.7 Å². The minimum absolute atomic E-state index is 1.11. The highest BCUT2D eigenvalue weighted by Crippen LogP contribution is 2.21. The maximum absolute atomic E-state index is 6.91. The van der Waals surface area contributed by atoms with Gasteiger partial charge in [0.1, 0.15) is 0 Å². The van der Waals surface area contributed by atoms with E-state index in [0.717, 1.165) is 5.56 Å². The van der Waals surface area contributed by atoms with Crippen molar-refractivity contribution >= 4 is 41.6 Å². The molecular formula is C20H30O2Si3. The molecule has 0 saturated carbocycles. The lowest BCUT2D eigenvalue weighted by Crippen LogP contribution is -2.69. The van der Waals surface area contributed by atoms with Crippen LogP contribution in [0.5, 0.6) is 0 Å². The molecule has 0 aliphatic heterocycles. The Morgan fingerprint density at radius 1 is 0.680 bits per heavy atom. The van der Waals surface area contributed by atoms with Crippen LogP contribution in [-0.2, 0) is 8.23 Å². The number of hydrogen-bond acceptors (Lipinski definition) is 2. The van der Waals surface area contributed by atoms with Gasteiger partial charge in [-0.3, -0.25) is 0 Å². The quantitative estimate of drug-likeness (QED) is 0.648. The Kier molecular flexibility index (Phi) is 6.06. The van der Waals surface area contributed by atoms with Gasteiger partial charge in [-0.25, -0.2) is 0 Å². The van der Waals surface area contributed by atoms with Gasteiger partial charge in [0, 0.05) is 0 Å². The lowest BCUT2D eigenvalue weighted by atomic mass is 10.2. The van der Waals surface area contributed by atoms with E-state index >= 15 is 0 Å². The monoisotopic (exact) mass is 386 g/mol. The summed E-state index contributed by atoms with van der Waals surface area (Å²) in [7, 11) is -6.45. The molecule has 0 saturated heterocycles. The number of rotatable bonds is 7. The lowest BCUT2D eigenvalue weighted by molar-refractivity contribution is 0.413. The van der Waals surface area contributed by atoms with Gasteiger partial charge in [0.05, 0.1) is 0 Å². The highest BCUT2D eigenvalue weighted by molar-refractivity contribution is 7.02. The molecule has 0 spiro atoms. The van der Waals surface area contributed by atoms with Crippen LogP contribution in [0.25, 0.3) is 6.08 Å². The third-order valence-electron chi connectivity index (χ3n) is 3.58. The molecule has 0 aliphatic rings. The van der Waals surface area contributed by atoms with Crippen molar-refractivity contribution in [3.8, 4) is 0 Å². The van der Waals surface area contributed by atoms with Crippen molar-refractivity contribution in [2.24, 2.45) is 0 Å². The predicted octanol–water partition coefficient (Wildman–Crippen LogP) is 4.59. The van der Waals surface area contributed by atoms with Gasteiger partial charge in [-0.15, -0.1) is 0 Å². The standard InChI is InChI=1S/C20H30O2Si3/c1-8-18-14-16-20(17-15-18)25(21-23(2,3)4,22-24(5,6)7)19-12-10-9-11-13-19/h8-17H,1H2,2-7H3. The summed E-state index contributed by atoms with van der Waals surface area (Å²) in [4.78, 5) is 0. The van der Waals surface area contributed by atoms with Gasteiger partial charge in [0.2, 0.25) is 0 Å². The second kappa shape index (κ2) is 7.55. The van der Waals surface area contributed by atoms with Crippen molar-refractivity contribution in [2.45, 2.75) is 39.3 Å². The summed E-state index contributed by atoms with van der Waals surface area (Å²) in [6.45, 7) is 17.3. The molecular weight excluding hydrogens is 356 g/mol. The van der Waals surface area contributed by atoms with Crippen LogP contribution >= 0.6 is 0 Å². The van der Waals surface area contributed by atoms with E-state index in [0.29, 0.717) is 0 Å². The molecule has 0 N–H and O–H groups in total. The summed E-state index contributed by atoms with van der Waals surface area (Å²) in [5.41, 5.74) is 1.11. The van der Waals surface area contributed by atoms with E-state index in [1.165, 1.54) is 10.4 Å². The first-order valence-corrected chi connectivity index (χ1v) is 17.4. The van der Waals surface area contributed by atoms with Gasteiger partial charge in [0.25, 0.3) is 0 Å². The molecule has 0 aliphatic carbocycles. The lowest BCUT2D eigenvalue weighted by Gasteiger charge is -2.41. The highest BCUT2D eigenvalue weighted by Gasteiger charge is 2.48. The fourth-order valence-corrected chi connectivity index (χ4v) is 13.7. The molecule has 0 atom stereocenters. The molecule has 2 aromatic carbocycles. The Balaban J connectivity index is 2.70. The first-order chi connectivity index (χ1) is 11.6. The summed E-state index contributed by atoms with van der Waals surface area (Å²) in [6.07, 6.45) is 1.87. The van der Waals surface area contributed by atoms with Crippen LogP contribution in [0, 0.1) is 0 Å². The molecule has 0 radical (unpaired) electrons. The second-order valence-corrected chi connectivity index (χ2v) is 20.7. The molecule has 2 rings (SSSR count). The van der Waals surface area contributed by atoms with Gasteiger partial charge < -0.3 is 8.23 Å². The Morgan fingerprint density at radius 3 is 1.52 bits per heavy atom. The van der Waals surface area contributed by atoms with Gasteiger partial charge in [0.15, 0.2) is 16.6 Å². The Hall–Kier alpha value is -1.25. The van der Waals surface area contributed by atoms with Crippen molar-refractivity contribution in [1.82, 2.24) is 0 Å². The smallest absolute Gasteiger partial charge is 0.386 e. The molecule has 25 heavy (non-hydrogen) atoms. The van der Waals surface area contributed by atoms with Crippen LogP contribution in [0.4, 0.5) is 0 Å². The van der Waals surface area contributed by atoms with Gasteiger partial charge >= 0.3 is 8.56 Å². The van der Waals surface area contributed by atoms with Gasteiger partial charge in [-0.2, -0.15) is 0 Å². The number of benzene rings is 2. The summed E-state index contributed by atoms with van der Waals surface area (Å²) in [5.74, 6) is 0. The van der Waals surface area contributed by atoms with Crippen LogP contribution in [0.15, 0.2) is 61.2 Å². The molecule has 0 unspecified atom stereocenters. The average molecular weight is 387 g/mol. The molecule has 0 aromatic heterocycles. The molecule has 0 heterocycles. The largest absolute Gasteiger partial charge is 0.430 e. The SMILES string of the molecule is C=Cc1ccc([Si](O[Si](C)(C)C)(O[Si](C)(C)C)c2ccccc2)cc1. The zero-order chi connectivity index (χ0) is 18.7. The maximum Gasteiger partial charge on any atom is 0.386 e. The van der Waals surface area contributed by atoms with Crippen LogP contribution in [0.1, 0.15) is 5.56 Å². The van der Waals surface area contributed by atoms with E-state index in [2.05, 4.69) is 94.4 Å². The van der Waals surface area contributed by atoms with Crippen LogP contribution in [0.2, 0.25) is 39.3 Å². The molecule has 2 aromatic rings. The van der Waals surface area contributed by atoms with Gasteiger partial charge in [-0.05, 0) is 55.2 Å². The summed E-state index contributed by atoms with van der Waals surface area (Å²) in [5, 5.41) is 2.36. The van der Waals surface area contributed by atoms with Crippen molar-refractivity contribution in [3.63, 3.8) is 0 Å². The fourth-order valence-electron chi connectivity index (χ4n) is 2.78. The Bertz CT molecular complexity index is 682. The molecule has 2 nitrogen and oxygen atoms in total. The maximum atomic E-state index is 6.91. The second-order valence-electron chi connectivity index (χ2n) is 8.24. The van der Waals surface area contributed by atoms with E-state index < -0.39 is 25.2 Å². The predicted molar refractivity (Wildman–Crippen MR) is 117 cm³/mol. The number of hydrogen-bond donors (Lipinski definition) is 0. The normalized spacial score (nSPS) is 12.9. The first-order valence-electron chi connectivity index (χ1n) is 8.75. The Morgan fingerprint density at radius 2 is 1.12 bits per heavy atom. The average Bonchev–Trinajstić information content (AvgIpc) is 2.52. The first kappa shape index (κ1) is 20.1. The molecule has 5 heteroatoms. The third-order valence-corrected chi connectivity index (χ3v) is 13.0. The van der Waals surface area contributed by atoms with Crippen LogP contribution in [0.3, 0.4) is 0 Å². The molecule has 0 bridgehead atoms. The Labute approximate surface area is 156 Å². The fraction of sp³-hybridized carbons (Fsp3) is 0.300. The van der Waals surface area contributed by atoms with E-state index in [1.807, 2.05) is 12.1 Å². The van der Waals surface area contributed by atoms with Crippen LogP contribution < -0.4 is 10.4 Å². The van der Waals surface area contributed by atoms with Crippen molar-refractivity contribution in [2.75, 3.05) is 0 Å². The van der Waals surface area contributed by atoms with Crippen LogP contribution in [-0.4, -0.2) is 25.2 Å². The third kappa shape index (κ3) is 5.36. The van der Waals surface area contributed by atoms with Gasteiger partial charge in [-0.1, -0.05) is 67.3 Å². The zero-order valence-electron chi connectivity index (χ0n) is 16.3. The highest BCUT2D eigenvalue weighted by atomic mass is 28.5. The molecule has 0 fully saturated rings. The van der Waals surface area contributed by atoms with Crippen molar-refractivity contribution < 1.29 is 8.23 Å². The minimum Gasteiger partial charge on any atom is -0.430 e. The van der Waals surface area contributed by atoms with Crippen molar-refractivity contribution in [1.29, 1.82) is 0 Å². The van der Waals surface area contributed by atoms with E-state index in [-0.39, 0.29) is 0 Å². The van der Waals surface area contributed by atoms with E-state index in [9.17, 15) is 0 Å². The molecule has 0 amide bonds. The summed E-state index contributed by atoms with van der Waals surface area (Å²) < 4.78 is 13.8. The molecule has 134 valence electrons. The van der Waals surface area contributed by atoms with E-state index in [4.69, 9.17) is 8.23 Å². The summed E-state index contributed by atoms with van der Waals surface area (Å²) >= 11 is 0. The zero-order valence-corrected chi connectivity index (χ0v) is 19.3. The topological polar surface area (TPSA) is 18.5 Å².